The highest BCUT2D eigenvalue weighted by atomic mass is 79.9. The highest BCUT2D eigenvalue weighted by Crippen LogP contribution is 2.61. The first kappa shape index (κ1) is 24.3. The summed E-state index contributed by atoms with van der Waals surface area (Å²) in [6, 6.07) is 3.17. The Hall–Kier alpha value is -0.860. The van der Waals surface area contributed by atoms with E-state index < -0.39 is 12.1 Å². The lowest BCUT2D eigenvalue weighted by atomic mass is 9.45. The topological polar surface area (TPSA) is 71.0 Å². The molecule has 6 nitrogen and oxygen atoms in total. The fraction of sp³-hybridized carbons (Fsp3) is 0.708. The average molecular weight is 530 g/mol. The Kier molecular flexibility index (Phi) is 6.87. The van der Waals surface area contributed by atoms with Crippen LogP contribution in [0, 0.1) is 29.1 Å². The largest absolute Gasteiger partial charge is 0.495 e. The molecule has 2 bridgehead atoms. The maximum absolute atomic E-state index is 13.5. The predicted octanol–water partition coefficient (Wildman–Crippen LogP) is 4.41. The van der Waals surface area contributed by atoms with Gasteiger partial charge < -0.3 is 15.2 Å². The van der Waals surface area contributed by atoms with E-state index in [1.165, 1.54) is 6.42 Å². The predicted molar refractivity (Wildman–Crippen MR) is 127 cm³/mol. The summed E-state index contributed by atoms with van der Waals surface area (Å²) < 4.78 is 6.33. The summed E-state index contributed by atoms with van der Waals surface area (Å²) in [5.74, 6) is 1.93. The van der Waals surface area contributed by atoms with E-state index in [1.807, 2.05) is 6.07 Å². The molecule has 3 aliphatic carbocycles. The summed E-state index contributed by atoms with van der Waals surface area (Å²) >= 11 is 9.97. The van der Waals surface area contributed by atoms with Crippen molar-refractivity contribution in [3.63, 3.8) is 0 Å². The van der Waals surface area contributed by atoms with Crippen LogP contribution in [0.25, 0.3) is 0 Å². The minimum absolute atomic E-state index is 0.0885. The Balaban J connectivity index is 1.54. The number of ether oxygens (including phenoxy) is 1. The first-order chi connectivity index (χ1) is 15.1. The molecule has 8 heteroatoms. The minimum atomic E-state index is -0.674. The number of fused-ring (bicyclic) bond motifs is 2. The van der Waals surface area contributed by atoms with Crippen molar-refractivity contribution >= 4 is 33.4 Å². The minimum Gasteiger partial charge on any atom is -0.495 e. The second kappa shape index (κ2) is 9.06. The number of amides is 1. The van der Waals surface area contributed by atoms with Crippen LogP contribution in [-0.4, -0.2) is 48.0 Å². The van der Waals surface area contributed by atoms with Crippen LogP contribution in [0.3, 0.4) is 0 Å². The Bertz CT molecular complexity index is 880. The molecule has 1 heterocycles. The molecule has 3 saturated carbocycles. The van der Waals surface area contributed by atoms with Gasteiger partial charge in [0, 0.05) is 22.5 Å². The molecule has 1 aromatic rings. The first-order valence-electron chi connectivity index (χ1n) is 11.4. The lowest BCUT2D eigenvalue weighted by Crippen LogP contribution is -2.62. The van der Waals surface area contributed by atoms with Gasteiger partial charge in [-0.2, -0.15) is 5.06 Å². The van der Waals surface area contributed by atoms with E-state index in [1.54, 1.807) is 25.2 Å². The van der Waals surface area contributed by atoms with Crippen molar-refractivity contribution in [3.05, 3.63) is 27.2 Å². The summed E-state index contributed by atoms with van der Waals surface area (Å²) in [5.41, 5.74) is 1.10. The van der Waals surface area contributed by atoms with Crippen LogP contribution in [0.4, 0.5) is 0 Å². The molecule has 5 rings (SSSR count). The number of hydrogen-bond donors (Lipinski definition) is 2. The zero-order chi connectivity index (χ0) is 23.4. The van der Waals surface area contributed by atoms with E-state index in [0.29, 0.717) is 33.9 Å². The molecule has 0 spiro atoms. The van der Waals surface area contributed by atoms with Gasteiger partial charge in [-0.25, -0.2) is 0 Å². The van der Waals surface area contributed by atoms with Crippen LogP contribution < -0.4 is 10.1 Å². The highest BCUT2D eigenvalue weighted by Gasteiger charge is 2.57. The number of aliphatic hydroxyl groups is 1. The third kappa shape index (κ3) is 4.09. The lowest BCUT2D eigenvalue weighted by molar-refractivity contribution is -0.161. The van der Waals surface area contributed by atoms with E-state index in [0.717, 1.165) is 16.5 Å². The Labute approximate surface area is 204 Å². The molecule has 178 valence electrons. The number of nitrogens with one attached hydrogen (secondary N) is 1. The molecular weight excluding hydrogens is 496 g/mol. The SMILES string of the molecule is COc1c(Br)ccc(Cl)c1CN1OC[C@@H]([C@H](C)O)[C@H]1C(=O)N[C@H]1C[C@H]2C[C@@H]([C@@H]1C)C2(C)C. The standard InChI is InChI=1S/C24H34BrClN2O4/c1-12-17-8-14(24(17,3)4)9-20(12)27-23(30)21-16(13(2)29)11-32-28(21)10-15-19(26)7-6-18(25)22(15)31-5/h6-7,12-14,16-17,20-21,29H,8-11H2,1-5H3,(H,27,30)/t12-,13-,14+,16-,17-,20-,21-/m0/s1. The number of methoxy groups -OCH3 is 1. The van der Waals surface area contributed by atoms with E-state index in [-0.39, 0.29) is 31.0 Å². The molecule has 7 atom stereocenters. The van der Waals surface area contributed by atoms with E-state index in [4.69, 9.17) is 21.2 Å². The summed E-state index contributed by atoms with van der Waals surface area (Å²) in [6.45, 7) is 9.24. The molecule has 1 aliphatic heterocycles. The fourth-order valence-corrected chi connectivity index (χ4v) is 6.89. The zero-order valence-electron chi connectivity index (χ0n) is 19.4. The molecule has 4 fully saturated rings. The van der Waals surface area contributed by atoms with Crippen molar-refractivity contribution in [1.82, 2.24) is 10.4 Å². The summed E-state index contributed by atoms with van der Waals surface area (Å²) in [5, 5.41) is 15.9. The number of hydroxylamine groups is 2. The number of benzene rings is 1. The van der Waals surface area contributed by atoms with Gasteiger partial charge in [0.15, 0.2) is 0 Å². The summed E-state index contributed by atoms with van der Waals surface area (Å²) in [7, 11) is 1.59. The number of rotatable bonds is 6. The Morgan fingerprint density at radius 1 is 1.44 bits per heavy atom. The number of carbonyl (C=O) groups is 1. The van der Waals surface area contributed by atoms with Crippen molar-refractivity contribution in [2.75, 3.05) is 13.7 Å². The van der Waals surface area contributed by atoms with Gasteiger partial charge in [-0.1, -0.05) is 32.4 Å². The maximum Gasteiger partial charge on any atom is 0.240 e. The zero-order valence-corrected chi connectivity index (χ0v) is 21.7. The van der Waals surface area contributed by atoms with Crippen LogP contribution in [0.1, 0.15) is 46.1 Å². The Morgan fingerprint density at radius 2 is 2.16 bits per heavy atom. The van der Waals surface area contributed by atoms with Gasteiger partial charge in [-0.15, -0.1) is 0 Å². The summed E-state index contributed by atoms with van der Waals surface area (Å²) in [6.07, 6.45) is 1.59. The first-order valence-corrected chi connectivity index (χ1v) is 12.6. The van der Waals surface area contributed by atoms with Crippen molar-refractivity contribution in [1.29, 1.82) is 0 Å². The van der Waals surface area contributed by atoms with Gasteiger partial charge in [0.2, 0.25) is 5.91 Å². The Morgan fingerprint density at radius 3 is 2.75 bits per heavy atom. The fourth-order valence-electron chi connectivity index (χ4n) is 6.15. The highest BCUT2D eigenvalue weighted by molar-refractivity contribution is 9.10. The van der Waals surface area contributed by atoms with E-state index in [9.17, 15) is 9.90 Å². The van der Waals surface area contributed by atoms with Gasteiger partial charge >= 0.3 is 0 Å². The van der Waals surface area contributed by atoms with Crippen LogP contribution in [-0.2, 0) is 16.2 Å². The summed E-state index contributed by atoms with van der Waals surface area (Å²) in [4.78, 5) is 19.5. The van der Waals surface area contributed by atoms with E-state index >= 15 is 0 Å². The second-order valence-electron chi connectivity index (χ2n) is 10.3. The normalized spacial score (nSPS) is 34.6. The monoisotopic (exact) mass is 528 g/mol. The molecule has 1 amide bonds. The third-order valence-electron chi connectivity index (χ3n) is 8.39. The molecule has 2 N–H and O–H groups in total. The van der Waals surface area contributed by atoms with Crippen LogP contribution in [0.2, 0.25) is 5.02 Å². The van der Waals surface area contributed by atoms with Gasteiger partial charge in [-0.05, 0) is 71.0 Å². The quantitative estimate of drug-likeness (QED) is 0.571. The molecule has 0 radical (unpaired) electrons. The molecule has 1 aromatic carbocycles. The van der Waals surface area contributed by atoms with Crippen LogP contribution in [0.15, 0.2) is 16.6 Å². The molecule has 4 aliphatic rings. The number of carbonyl (C=O) groups excluding carboxylic acids is 1. The molecular formula is C24H34BrClN2O4. The average Bonchev–Trinajstić information content (AvgIpc) is 3.16. The number of hydrogen-bond acceptors (Lipinski definition) is 5. The van der Waals surface area contributed by atoms with Gasteiger partial charge in [0.05, 0.1) is 30.8 Å². The van der Waals surface area contributed by atoms with E-state index in [2.05, 4.69) is 42.0 Å². The number of aliphatic hydroxyl groups excluding tert-OH is 1. The molecule has 0 unspecified atom stereocenters. The third-order valence-corrected chi connectivity index (χ3v) is 9.37. The number of halogens is 2. The second-order valence-corrected chi connectivity index (χ2v) is 11.6. The van der Waals surface area contributed by atoms with Gasteiger partial charge in [0.25, 0.3) is 0 Å². The van der Waals surface area contributed by atoms with Crippen molar-refractivity contribution in [3.8, 4) is 5.75 Å². The smallest absolute Gasteiger partial charge is 0.240 e. The van der Waals surface area contributed by atoms with Crippen LogP contribution in [0.5, 0.6) is 5.75 Å². The molecule has 1 saturated heterocycles. The number of nitrogens with zero attached hydrogens (tertiary/aromatic N) is 1. The molecule has 32 heavy (non-hydrogen) atoms. The molecule has 0 aromatic heterocycles. The van der Waals surface area contributed by atoms with Crippen molar-refractivity contribution in [2.24, 2.45) is 29.1 Å². The van der Waals surface area contributed by atoms with Gasteiger partial charge in [-0.3, -0.25) is 9.63 Å². The van der Waals surface area contributed by atoms with Gasteiger partial charge in [0.1, 0.15) is 11.8 Å². The lowest BCUT2D eigenvalue weighted by Gasteiger charge is -2.62. The van der Waals surface area contributed by atoms with Crippen molar-refractivity contribution < 1.29 is 19.5 Å². The van der Waals surface area contributed by atoms with Crippen molar-refractivity contribution in [2.45, 2.75) is 65.3 Å². The maximum atomic E-state index is 13.5. The van der Waals surface area contributed by atoms with Crippen LogP contribution >= 0.6 is 27.5 Å².